The van der Waals surface area contributed by atoms with E-state index in [-0.39, 0.29) is 5.91 Å². The van der Waals surface area contributed by atoms with E-state index in [4.69, 9.17) is 9.73 Å². The monoisotopic (exact) mass is 490 g/mol. The number of hydrogen-bond acceptors (Lipinski definition) is 4. The van der Waals surface area contributed by atoms with Crippen LogP contribution in [0.5, 0.6) is 0 Å². The standard InChI is InChI=1S/C29H34N2O3S/c1-5-34-26-17-14-20-9-6-7-10-23(20)27(26)29(32)31-19-25(24-11-8-18-30-28(24)31)21-12-15-22(16-13-21)35(2,3,4)33/h6,9,11-13,15-16,19H,5,7-8,10,14,17-18H2,1-4H3. The lowest BCUT2D eigenvalue weighted by molar-refractivity contribution is 0.0940. The molecule has 1 aromatic carbocycles. The summed E-state index contributed by atoms with van der Waals surface area (Å²) in [5.41, 5.74) is 5.76. The fourth-order valence-corrected chi connectivity index (χ4v) is 6.26. The van der Waals surface area contributed by atoms with Gasteiger partial charge in [-0.3, -0.25) is 18.6 Å². The van der Waals surface area contributed by atoms with Gasteiger partial charge >= 0.3 is 0 Å². The fraction of sp³-hybridized carbons (Fsp3) is 0.379. The largest absolute Gasteiger partial charge is 0.497 e. The van der Waals surface area contributed by atoms with E-state index in [9.17, 15) is 9.00 Å². The van der Waals surface area contributed by atoms with Crippen LogP contribution in [-0.4, -0.2) is 46.6 Å². The molecule has 184 valence electrons. The van der Waals surface area contributed by atoms with Crippen molar-refractivity contribution in [2.24, 2.45) is 4.99 Å². The van der Waals surface area contributed by atoms with Gasteiger partial charge in [0.15, 0.2) is 0 Å². The van der Waals surface area contributed by atoms with Crippen molar-refractivity contribution in [1.29, 1.82) is 0 Å². The molecular formula is C29H34N2O3S. The molecule has 1 aromatic heterocycles. The SMILES string of the molecule is CCOC1=C(C(=O)n2cc(-c3ccc(S(C)(C)(C)=O)cc3)c3c2=NCCC=3)C2=C(C=CCC2)CC1. The molecule has 5 nitrogen and oxygen atoms in total. The van der Waals surface area contributed by atoms with Gasteiger partial charge in [-0.2, -0.15) is 0 Å². The minimum Gasteiger partial charge on any atom is -0.497 e. The number of ether oxygens (including phenoxy) is 1. The van der Waals surface area contributed by atoms with E-state index in [1.807, 2.05) is 37.4 Å². The van der Waals surface area contributed by atoms with Crippen LogP contribution in [0.4, 0.5) is 0 Å². The zero-order chi connectivity index (χ0) is 24.8. The first-order valence-corrected chi connectivity index (χ1v) is 15.6. The number of carbonyl (C=O) groups excluding carboxylic acids is 1. The lowest BCUT2D eigenvalue weighted by Gasteiger charge is -2.29. The lowest BCUT2D eigenvalue weighted by atomic mass is 9.83. The Kier molecular flexibility index (Phi) is 5.83. The second kappa shape index (κ2) is 8.59. The van der Waals surface area contributed by atoms with E-state index in [1.165, 1.54) is 5.57 Å². The molecule has 0 saturated carbocycles. The first-order valence-electron chi connectivity index (χ1n) is 12.4. The normalized spacial score (nSPS) is 18.7. The summed E-state index contributed by atoms with van der Waals surface area (Å²) in [7, 11) is -2.83. The molecule has 0 bridgehead atoms. The summed E-state index contributed by atoms with van der Waals surface area (Å²) >= 11 is 0. The Morgan fingerprint density at radius 2 is 1.86 bits per heavy atom. The molecule has 1 aliphatic heterocycles. The topological polar surface area (TPSA) is 60.7 Å². The Hall–Kier alpha value is -2.99. The number of aromatic nitrogens is 1. The van der Waals surface area contributed by atoms with Gasteiger partial charge in [0, 0.05) is 34.8 Å². The van der Waals surface area contributed by atoms with Crippen LogP contribution in [0.25, 0.3) is 17.2 Å². The number of allylic oxidation sites excluding steroid dienone is 6. The summed E-state index contributed by atoms with van der Waals surface area (Å²) in [6.45, 7) is 3.18. The quantitative estimate of drug-likeness (QED) is 0.624. The van der Waals surface area contributed by atoms with Crippen LogP contribution in [0.3, 0.4) is 0 Å². The third kappa shape index (κ3) is 4.40. The second-order valence-electron chi connectivity index (χ2n) is 10.5. The van der Waals surface area contributed by atoms with E-state index < -0.39 is 9.07 Å². The van der Waals surface area contributed by atoms with Crippen molar-refractivity contribution in [3.05, 3.63) is 75.8 Å². The molecule has 2 aliphatic carbocycles. The highest BCUT2D eigenvalue weighted by molar-refractivity contribution is 8.18. The van der Waals surface area contributed by atoms with Crippen molar-refractivity contribution in [1.82, 2.24) is 4.57 Å². The Labute approximate surface area is 207 Å². The summed E-state index contributed by atoms with van der Waals surface area (Å²) in [6, 6.07) is 7.89. The maximum Gasteiger partial charge on any atom is 0.267 e. The molecule has 0 spiro atoms. The number of rotatable bonds is 5. The van der Waals surface area contributed by atoms with Gasteiger partial charge < -0.3 is 4.74 Å². The van der Waals surface area contributed by atoms with Crippen molar-refractivity contribution in [2.45, 2.75) is 43.9 Å². The van der Waals surface area contributed by atoms with Crippen LogP contribution in [0.2, 0.25) is 0 Å². The highest BCUT2D eigenvalue weighted by Gasteiger charge is 2.30. The van der Waals surface area contributed by atoms with E-state index in [1.54, 1.807) is 23.3 Å². The van der Waals surface area contributed by atoms with E-state index in [0.717, 1.165) is 64.7 Å². The van der Waals surface area contributed by atoms with Crippen molar-refractivity contribution >= 4 is 21.0 Å². The summed E-state index contributed by atoms with van der Waals surface area (Å²) < 4.78 is 20.8. The highest BCUT2D eigenvalue weighted by atomic mass is 32.3. The van der Waals surface area contributed by atoms with E-state index in [2.05, 4.69) is 18.2 Å². The predicted molar refractivity (Wildman–Crippen MR) is 143 cm³/mol. The third-order valence-corrected chi connectivity index (χ3v) is 8.82. The number of fused-ring (bicyclic) bond motifs is 1. The Morgan fingerprint density at radius 3 is 2.57 bits per heavy atom. The van der Waals surface area contributed by atoms with Gasteiger partial charge in [0.1, 0.15) is 11.2 Å². The summed E-state index contributed by atoms with van der Waals surface area (Å²) in [4.78, 5) is 19.7. The van der Waals surface area contributed by atoms with E-state index >= 15 is 0 Å². The molecule has 3 aliphatic rings. The van der Waals surface area contributed by atoms with Gasteiger partial charge in [0.05, 0.1) is 12.2 Å². The molecule has 2 heterocycles. The van der Waals surface area contributed by atoms with Crippen LogP contribution in [0.1, 0.15) is 43.8 Å². The molecular weight excluding hydrogens is 456 g/mol. The van der Waals surface area contributed by atoms with Crippen LogP contribution in [0, 0.1) is 0 Å². The van der Waals surface area contributed by atoms with Gasteiger partial charge in [-0.1, -0.05) is 39.4 Å². The number of benzene rings is 1. The summed E-state index contributed by atoms with van der Waals surface area (Å²) in [5.74, 6) is 0.739. The Morgan fingerprint density at radius 1 is 1.09 bits per heavy atom. The fourth-order valence-electron chi connectivity index (χ4n) is 5.20. The molecule has 0 saturated heterocycles. The Balaban J connectivity index is 1.65. The highest BCUT2D eigenvalue weighted by Crippen LogP contribution is 2.37. The third-order valence-electron chi connectivity index (χ3n) is 6.95. The van der Waals surface area contributed by atoms with Crippen molar-refractivity contribution in [2.75, 3.05) is 31.9 Å². The van der Waals surface area contributed by atoms with Gasteiger partial charge in [0.25, 0.3) is 5.91 Å². The molecule has 6 heteroatoms. The minimum atomic E-state index is -2.83. The maximum absolute atomic E-state index is 14.1. The van der Waals surface area contributed by atoms with Crippen LogP contribution in [-0.2, 0) is 13.8 Å². The molecule has 0 radical (unpaired) electrons. The zero-order valence-corrected chi connectivity index (χ0v) is 21.9. The van der Waals surface area contributed by atoms with Crippen LogP contribution in [0.15, 0.2) is 75.0 Å². The number of hydrogen-bond donors (Lipinski definition) is 0. The van der Waals surface area contributed by atoms with Crippen molar-refractivity contribution in [3.63, 3.8) is 0 Å². The minimum absolute atomic E-state index is 0.0619. The molecule has 35 heavy (non-hydrogen) atoms. The average molecular weight is 491 g/mol. The average Bonchev–Trinajstić information content (AvgIpc) is 3.23. The molecule has 2 aromatic rings. The van der Waals surface area contributed by atoms with Crippen LogP contribution >= 0.6 is 0 Å². The number of carbonyl (C=O) groups is 1. The summed E-state index contributed by atoms with van der Waals surface area (Å²) in [5, 5.41) is 0.992. The predicted octanol–water partition coefficient (Wildman–Crippen LogP) is 4.40. The molecule has 0 atom stereocenters. The molecule has 0 unspecified atom stereocenters. The molecule has 0 fully saturated rings. The van der Waals surface area contributed by atoms with Gasteiger partial charge in [0.2, 0.25) is 0 Å². The first-order chi connectivity index (χ1) is 16.6. The van der Waals surface area contributed by atoms with E-state index in [0.29, 0.717) is 24.2 Å². The second-order valence-corrected chi connectivity index (χ2v) is 15.8. The molecule has 0 amide bonds. The first kappa shape index (κ1) is 23.7. The lowest BCUT2D eigenvalue weighted by Crippen LogP contribution is -2.37. The zero-order valence-electron chi connectivity index (χ0n) is 21.1. The molecule has 5 rings (SSSR count). The number of nitrogens with zero attached hydrogens (tertiary/aromatic N) is 2. The van der Waals surface area contributed by atoms with Crippen molar-refractivity contribution < 1.29 is 13.7 Å². The van der Waals surface area contributed by atoms with Crippen LogP contribution < -0.4 is 10.7 Å². The smallest absolute Gasteiger partial charge is 0.267 e. The van der Waals surface area contributed by atoms with Gasteiger partial charge in [-0.15, -0.1) is 0 Å². The Bertz CT molecular complexity index is 1480. The molecule has 0 N–H and O–H groups in total. The van der Waals surface area contributed by atoms with Gasteiger partial charge in [-0.25, -0.2) is 0 Å². The van der Waals surface area contributed by atoms with Gasteiger partial charge in [-0.05, 0) is 80.2 Å². The summed E-state index contributed by atoms with van der Waals surface area (Å²) in [6.07, 6.45) is 18.2. The van der Waals surface area contributed by atoms with Crippen molar-refractivity contribution in [3.8, 4) is 11.1 Å². The maximum atomic E-state index is 14.1.